The van der Waals surface area contributed by atoms with E-state index in [9.17, 15) is 9.59 Å². The summed E-state index contributed by atoms with van der Waals surface area (Å²) in [6.07, 6.45) is 4.65. The molecule has 3 aromatic rings. The Balaban J connectivity index is 1.72. The van der Waals surface area contributed by atoms with Gasteiger partial charge in [-0.15, -0.1) is 0 Å². The molecule has 1 saturated carbocycles. The normalized spacial score (nSPS) is 16.2. The molecule has 0 spiro atoms. The Bertz CT molecular complexity index is 788. The quantitative estimate of drug-likeness (QED) is 0.677. The van der Waals surface area contributed by atoms with Crippen LogP contribution < -0.4 is 0 Å². The van der Waals surface area contributed by atoms with Crippen LogP contribution in [-0.4, -0.2) is 11.6 Å². The summed E-state index contributed by atoms with van der Waals surface area (Å²) < 4.78 is 16.9. The lowest BCUT2D eigenvalue weighted by Gasteiger charge is -2.17. The van der Waals surface area contributed by atoms with Gasteiger partial charge >= 0.3 is 0 Å². The molecule has 0 aliphatic heterocycles. The molecule has 122 valence electrons. The highest BCUT2D eigenvalue weighted by Crippen LogP contribution is 2.36. The number of furan rings is 3. The summed E-state index contributed by atoms with van der Waals surface area (Å²) in [6, 6.07) is 10.8. The van der Waals surface area contributed by atoms with Gasteiger partial charge in [0.1, 0.15) is 34.9 Å². The van der Waals surface area contributed by atoms with Crippen LogP contribution in [0, 0.1) is 0 Å². The highest BCUT2D eigenvalue weighted by Gasteiger charge is 2.35. The number of ketones is 2. The van der Waals surface area contributed by atoms with Crippen molar-refractivity contribution in [3.63, 3.8) is 0 Å². The molecule has 5 heteroatoms. The molecule has 3 heterocycles. The molecular formula is C19H16O5. The van der Waals surface area contributed by atoms with Crippen LogP contribution in [0.25, 0.3) is 0 Å². The van der Waals surface area contributed by atoms with Crippen LogP contribution in [0.15, 0.2) is 62.2 Å². The van der Waals surface area contributed by atoms with Gasteiger partial charge in [-0.05, 0) is 42.8 Å². The Kier molecular flexibility index (Phi) is 3.69. The first-order valence-electron chi connectivity index (χ1n) is 7.96. The summed E-state index contributed by atoms with van der Waals surface area (Å²) >= 11 is 0. The molecule has 1 fully saturated rings. The summed E-state index contributed by atoms with van der Waals surface area (Å²) in [7, 11) is 0. The van der Waals surface area contributed by atoms with Gasteiger partial charge in [0.05, 0.1) is 12.5 Å². The molecule has 4 rings (SSSR count). The molecule has 0 radical (unpaired) electrons. The van der Waals surface area contributed by atoms with Crippen LogP contribution in [0.2, 0.25) is 0 Å². The molecule has 3 aromatic heterocycles. The minimum Gasteiger partial charge on any atom is -0.468 e. The zero-order chi connectivity index (χ0) is 16.5. The molecule has 1 aliphatic carbocycles. The second-order valence-corrected chi connectivity index (χ2v) is 5.92. The summed E-state index contributed by atoms with van der Waals surface area (Å²) in [5, 5.41) is 0. The van der Waals surface area contributed by atoms with Crippen LogP contribution in [-0.2, 0) is 9.59 Å². The summed E-state index contributed by atoms with van der Waals surface area (Å²) in [5.74, 6) is 1.07. The topological polar surface area (TPSA) is 73.6 Å². The van der Waals surface area contributed by atoms with Crippen molar-refractivity contribution in [3.8, 4) is 0 Å². The Morgan fingerprint density at radius 3 is 2.00 bits per heavy atom. The van der Waals surface area contributed by atoms with Gasteiger partial charge in [-0.2, -0.15) is 0 Å². The van der Waals surface area contributed by atoms with E-state index in [4.69, 9.17) is 13.3 Å². The van der Waals surface area contributed by atoms with E-state index >= 15 is 0 Å². The maximum atomic E-state index is 12.1. The summed E-state index contributed by atoms with van der Waals surface area (Å²) in [5.41, 5.74) is 0. The minimum absolute atomic E-state index is 0.0697. The van der Waals surface area contributed by atoms with Gasteiger partial charge in [0, 0.05) is 12.8 Å². The van der Waals surface area contributed by atoms with E-state index in [-0.39, 0.29) is 17.5 Å². The third-order valence-electron chi connectivity index (χ3n) is 4.36. The largest absolute Gasteiger partial charge is 0.468 e. The Morgan fingerprint density at radius 1 is 0.833 bits per heavy atom. The van der Waals surface area contributed by atoms with Crippen molar-refractivity contribution >= 4 is 11.6 Å². The molecule has 0 aromatic carbocycles. The van der Waals surface area contributed by atoms with Gasteiger partial charge in [-0.25, -0.2) is 0 Å². The van der Waals surface area contributed by atoms with Crippen LogP contribution in [0.3, 0.4) is 0 Å². The zero-order valence-electron chi connectivity index (χ0n) is 12.9. The monoisotopic (exact) mass is 324 g/mol. The highest BCUT2D eigenvalue weighted by atomic mass is 16.4. The fraction of sp³-hybridized carbons (Fsp3) is 0.263. The van der Waals surface area contributed by atoms with Gasteiger partial charge < -0.3 is 13.3 Å². The van der Waals surface area contributed by atoms with Crippen LogP contribution in [0.4, 0.5) is 0 Å². The van der Waals surface area contributed by atoms with Crippen molar-refractivity contribution in [3.05, 3.63) is 72.0 Å². The molecule has 1 aliphatic rings. The first kappa shape index (κ1) is 14.8. The number of rotatable bonds is 4. The lowest BCUT2D eigenvalue weighted by molar-refractivity contribution is -0.132. The second-order valence-electron chi connectivity index (χ2n) is 5.92. The average Bonchev–Trinajstić information content (AvgIpc) is 3.30. The molecule has 0 atom stereocenters. The molecule has 0 bridgehead atoms. The third-order valence-corrected chi connectivity index (χ3v) is 4.36. The predicted octanol–water partition coefficient (Wildman–Crippen LogP) is 4.05. The summed E-state index contributed by atoms with van der Waals surface area (Å²) in [4.78, 5) is 24.2. The second kappa shape index (κ2) is 6.00. The Hall–Kier alpha value is -2.82. The van der Waals surface area contributed by atoms with Crippen molar-refractivity contribution in [1.29, 1.82) is 0 Å². The van der Waals surface area contributed by atoms with E-state index in [1.54, 1.807) is 36.8 Å². The maximum Gasteiger partial charge on any atom is 0.150 e. The van der Waals surface area contributed by atoms with Crippen LogP contribution in [0.5, 0.6) is 0 Å². The van der Waals surface area contributed by atoms with Crippen molar-refractivity contribution in [2.24, 2.45) is 0 Å². The molecule has 24 heavy (non-hydrogen) atoms. The fourth-order valence-electron chi connectivity index (χ4n) is 3.23. The standard InChI is InChI=1S/C19H16O5/c20-12-4-1-5-13(21)18(12)16-8-9-17(24-16)19(14-6-2-10-22-14)15-7-3-11-23-15/h2-3,6-11,18-19H,1,4-5H2. The highest BCUT2D eigenvalue weighted by molar-refractivity contribution is 6.08. The molecule has 0 saturated heterocycles. The predicted molar refractivity (Wildman–Crippen MR) is 83.7 cm³/mol. The van der Waals surface area contributed by atoms with E-state index in [1.165, 1.54) is 0 Å². The lowest BCUT2D eigenvalue weighted by atomic mass is 9.85. The number of Topliss-reactive ketones (excluding diaryl/α,β-unsaturated/α-hetero) is 2. The van der Waals surface area contributed by atoms with Gasteiger partial charge in [0.15, 0.2) is 11.6 Å². The van der Waals surface area contributed by atoms with Gasteiger partial charge in [0.2, 0.25) is 0 Å². The van der Waals surface area contributed by atoms with Crippen molar-refractivity contribution < 1.29 is 22.8 Å². The van der Waals surface area contributed by atoms with E-state index < -0.39 is 5.92 Å². The van der Waals surface area contributed by atoms with Crippen molar-refractivity contribution in [2.75, 3.05) is 0 Å². The van der Waals surface area contributed by atoms with Crippen molar-refractivity contribution in [1.82, 2.24) is 0 Å². The number of carbonyl (C=O) groups excluding carboxylic acids is 2. The first-order valence-corrected chi connectivity index (χ1v) is 7.96. The lowest BCUT2D eigenvalue weighted by Crippen LogP contribution is -2.26. The number of carbonyl (C=O) groups is 2. The van der Waals surface area contributed by atoms with E-state index in [1.807, 2.05) is 12.1 Å². The maximum absolute atomic E-state index is 12.1. The Morgan fingerprint density at radius 2 is 1.46 bits per heavy atom. The Labute approximate surface area is 138 Å². The molecule has 5 nitrogen and oxygen atoms in total. The van der Waals surface area contributed by atoms with Crippen LogP contribution in [0.1, 0.15) is 54.1 Å². The molecule has 0 N–H and O–H groups in total. The third kappa shape index (κ3) is 2.52. The molecule has 0 unspecified atom stereocenters. The van der Waals surface area contributed by atoms with E-state index in [2.05, 4.69) is 0 Å². The summed E-state index contributed by atoms with van der Waals surface area (Å²) in [6.45, 7) is 0. The SMILES string of the molecule is O=C1CCCC(=O)C1c1ccc(C(c2ccco2)c2ccco2)o1. The van der Waals surface area contributed by atoms with Gasteiger partial charge in [0.25, 0.3) is 0 Å². The fourth-order valence-corrected chi connectivity index (χ4v) is 3.23. The average molecular weight is 324 g/mol. The first-order chi connectivity index (χ1) is 11.7. The molecular weight excluding hydrogens is 308 g/mol. The van der Waals surface area contributed by atoms with E-state index in [0.717, 1.165) is 0 Å². The van der Waals surface area contributed by atoms with Gasteiger partial charge in [-0.3, -0.25) is 9.59 Å². The number of hydrogen-bond acceptors (Lipinski definition) is 5. The zero-order valence-corrected chi connectivity index (χ0v) is 12.9. The van der Waals surface area contributed by atoms with Crippen molar-refractivity contribution in [2.45, 2.75) is 31.1 Å². The van der Waals surface area contributed by atoms with Gasteiger partial charge in [-0.1, -0.05) is 0 Å². The minimum atomic E-state index is -0.777. The smallest absolute Gasteiger partial charge is 0.150 e. The number of hydrogen-bond donors (Lipinski definition) is 0. The van der Waals surface area contributed by atoms with Crippen LogP contribution >= 0.6 is 0 Å². The van der Waals surface area contributed by atoms with E-state index in [0.29, 0.717) is 42.3 Å². The molecule has 0 amide bonds.